The summed E-state index contributed by atoms with van der Waals surface area (Å²) in [5, 5.41) is 8.76. The van der Waals surface area contributed by atoms with Crippen LogP contribution in [0.5, 0.6) is 5.75 Å². The highest BCUT2D eigenvalue weighted by Crippen LogP contribution is 2.26. The maximum absolute atomic E-state index is 12.8. The first-order chi connectivity index (χ1) is 12.8. The number of fused-ring (bicyclic) bond motifs is 1. The van der Waals surface area contributed by atoms with Gasteiger partial charge in [0, 0.05) is 0 Å². The standard InChI is InChI=1S/C17H10ClNO8/c1-25-17(24)26-11-7-3-5-9-13(11)27-16(23)19(14(9)20)10-6-2-4-8(12(10)18)15(21)22/h2-7H,1H3,(H,21,22). The molecule has 138 valence electrons. The van der Waals surface area contributed by atoms with Crippen molar-refractivity contribution in [1.82, 2.24) is 4.57 Å². The number of aromatic nitrogens is 1. The minimum absolute atomic E-state index is 0.0900. The Morgan fingerprint density at radius 3 is 2.52 bits per heavy atom. The van der Waals surface area contributed by atoms with Crippen LogP contribution < -0.4 is 16.1 Å². The van der Waals surface area contributed by atoms with E-state index in [2.05, 4.69) is 4.74 Å². The lowest BCUT2D eigenvalue weighted by Crippen LogP contribution is -2.31. The Morgan fingerprint density at radius 1 is 1.15 bits per heavy atom. The van der Waals surface area contributed by atoms with Gasteiger partial charge in [0.2, 0.25) is 0 Å². The molecule has 1 heterocycles. The molecule has 0 aliphatic heterocycles. The number of carboxylic acids is 1. The van der Waals surface area contributed by atoms with Crippen LogP contribution >= 0.6 is 11.6 Å². The third-order valence-corrected chi connectivity index (χ3v) is 3.99. The second-order valence-corrected chi connectivity index (χ2v) is 5.52. The number of hydrogen-bond donors (Lipinski definition) is 1. The van der Waals surface area contributed by atoms with E-state index in [1.165, 1.54) is 36.4 Å². The monoisotopic (exact) mass is 391 g/mol. The zero-order valence-electron chi connectivity index (χ0n) is 13.6. The topological polar surface area (TPSA) is 125 Å². The molecule has 0 aliphatic carbocycles. The molecule has 2 aromatic carbocycles. The summed E-state index contributed by atoms with van der Waals surface area (Å²) in [4.78, 5) is 47.8. The van der Waals surface area contributed by atoms with Gasteiger partial charge >= 0.3 is 17.9 Å². The zero-order chi connectivity index (χ0) is 19.7. The molecule has 0 amide bonds. The second-order valence-electron chi connectivity index (χ2n) is 5.14. The SMILES string of the molecule is COC(=O)Oc1cccc2c(=O)n(-c3cccc(C(=O)O)c3Cl)c(=O)oc12. The summed E-state index contributed by atoms with van der Waals surface area (Å²) < 4.78 is 15.0. The van der Waals surface area contributed by atoms with E-state index in [4.69, 9.17) is 25.9 Å². The van der Waals surface area contributed by atoms with Gasteiger partial charge in [0.15, 0.2) is 11.3 Å². The molecule has 0 unspecified atom stereocenters. The predicted octanol–water partition coefficient (Wildman–Crippen LogP) is 2.44. The fraction of sp³-hybridized carbons (Fsp3) is 0.0588. The number of halogens is 1. The van der Waals surface area contributed by atoms with Gasteiger partial charge < -0.3 is 19.0 Å². The summed E-state index contributed by atoms with van der Waals surface area (Å²) in [6.45, 7) is 0. The van der Waals surface area contributed by atoms with Gasteiger partial charge in [-0.1, -0.05) is 23.7 Å². The number of rotatable bonds is 3. The predicted molar refractivity (Wildman–Crippen MR) is 93.1 cm³/mol. The quantitative estimate of drug-likeness (QED) is 0.533. The average Bonchev–Trinajstić information content (AvgIpc) is 2.63. The summed E-state index contributed by atoms with van der Waals surface area (Å²) in [6, 6.07) is 7.91. The number of carboxylic acid groups (broad SMARTS) is 1. The number of methoxy groups -OCH3 is 1. The van der Waals surface area contributed by atoms with Crippen molar-refractivity contribution in [2.45, 2.75) is 0 Å². The van der Waals surface area contributed by atoms with Crippen molar-refractivity contribution in [3.8, 4) is 11.4 Å². The zero-order valence-corrected chi connectivity index (χ0v) is 14.4. The second kappa shape index (κ2) is 6.96. The lowest BCUT2D eigenvalue weighted by molar-refractivity contribution is 0.0697. The van der Waals surface area contributed by atoms with E-state index in [9.17, 15) is 19.2 Å². The molecule has 0 radical (unpaired) electrons. The smallest absolute Gasteiger partial charge is 0.478 e. The fourth-order valence-electron chi connectivity index (χ4n) is 2.40. The largest absolute Gasteiger partial charge is 0.513 e. The molecule has 0 fully saturated rings. The Morgan fingerprint density at radius 2 is 1.85 bits per heavy atom. The molecule has 10 heteroatoms. The van der Waals surface area contributed by atoms with Crippen molar-refractivity contribution in [3.63, 3.8) is 0 Å². The van der Waals surface area contributed by atoms with Crippen LogP contribution in [0.2, 0.25) is 5.02 Å². The van der Waals surface area contributed by atoms with Crippen LogP contribution in [0.1, 0.15) is 10.4 Å². The summed E-state index contributed by atoms with van der Waals surface area (Å²) in [7, 11) is 1.09. The molecule has 0 atom stereocenters. The molecule has 0 saturated heterocycles. The third-order valence-electron chi connectivity index (χ3n) is 3.59. The van der Waals surface area contributed by atoms with Crippen molar-refractivity contribution < 1.29 is 28.6 Å². The van der Waals surface area contributed by atoms with E-state index in [0.29, 0.717) is 4.57 Å². The van der Waals surface area contributed by atoms with E-state index in [-0.39, 0.29) is 33.0 Å². The number of hydrogen-bond acceptors (Lipinski definition) is 7. The molecule has 27 heavy (non-hydrogen) atoms. The van der Waals surface area contributed by atoms with Crippen LogP contribution in [0.3, 0.4) is 0 Å². The average molecular weight is 392 g/mol. The Balaban J connectivity index is 2.31. The number of carbonyl (C=O) groups excluding carboxylic acids is 1. The Bertz CT molecular complexity index is 1190. The van der Waals surface area contributed by atoms with Gasteiger partial charge in [0.1, 0.15) is 0 Å². The summed E-state index contributed by atoms with van der Waals surface area (Å²) in [6.07, 6.45) is -1.06. The van der Waals surface area contributed by atoms with Crippen LogP contribution in [-0.2, 0) is 4.74 Å². The number of para-hydroxylation sites is 1. The fourth-order valence-corrected chi connectivity index (χ4v) is 2.69. The first kappa shape index (κ1) is 18.2. The molecule has 3 aromatic rings. The van der Waals surface area contributed by atoms with Crippen LogP contribution in [-0.4, -0.2) is 28.9 Å². The van der Waals surface area contributed by atoms with Gasteiger partial charge in [-0.15, -0.1) is 0 Å². The highest BCUT2D eigenvalue weighted by Gasteiger charge is 2.20. The Hall–Kier alpha value is -3.59. The number of nitrogens with zero attached hydrogens (tertiary/aromatic N) is 1. The van der Waals surface area contributed by atoms with Crippen molar-refractivity contribution in [1.29, 1.82) is 0 Å². The number of ether oxygens (including phenoxy) is 2. The maximum atomic E-state index is 12.8. The minimum atomic E-state index is -1.33. The third kappa shape index (κ3) is 3.15. The lowest BCUT2D eigenvalue weighted by Gasteiger charge is -2.10. The van der Waals surface area contributed by atoms with E-state index < -0.39 is 23.4 Å². The van der Waals surface area contributed by atoms with Crippen LogP contribution in [0.15, 0.2) is 50.4 Å². The summed E-state index contributed by atoms with van der Waals surface area (Å²) in [5.41, 5.74) is -1.54. The first-order valence-corrected chi connectivity index (χ1v) is 7.69. The van der Waals surface area contributed by atoms with Crippen LogP contribution in [0, 0.1) is 0 Å². The molecule has 1 N–H and O–H groups in total. The van der Waals surface area contributed by atoms with Gasteiger partial charge in [-0.05, 0) is 24.3 Å². The molecule has 0 spiro atoms. The molecule has 1 aromatic heterocycles. The Labute approximate surface area is 154 Å². The van der Waals surface area contributed by atoms with Crippen molar-refractivity contribution >= 4 is 34.7 Å². The van der Waals surface area contributed by atoms with Gasteiger partial charge in [0.05, 0.1) is 28.8 Å². The molecule has 0 bridgehead atoms. The lowest BCUT2D eigenvalue weighted by atomic mass is 10.2. The number of benzene rings is 2. The van der Waals surface area contributed by atoms with E-state index >= 15 is 0 Å². The van der Waals surface area contributed by atoms with E-state index in [1.807, 2.05) is 0 Å². The molecule has 3 rings (SSSR count). The number of carbonyl (C=O) groups is 2. The molecular formula is C17H10ClNO8. The van der Waals surface area contributed by atoms with Crippen LogP contribution in [0.25, 0.3) is 16.7 Å². The normalized spacial score (nSPS) is 10.6. The molecule has 0 aliphatic rings. The van der Waals surface area contributed by atoms with Gasteiger partial charge in [0.25, 0.3) is 5.56 Å². The first-order valence-electron chi connectivity index (χ1n) is 7.32. The highest BCUT2D eigenvalue weighted by molar-refractivity contribution is 6.35. The highest BCUT2D eigenvalue weighted by atomic mass is 35.5. The Kier molecular flexibility index (Phi) is 4.70. The minimum Gasteiger partial charge on any atom is -0.478 e. The van der Waals surface area contributed by atoms with Crippen molar-refractivity contribution in [2.75, 3.05) is 7.11 Å². The van der Waals surface area contributed by atoms with Crippen molar-refractivity contribution in [2.24, 2.45) is 0 Å². The molecule has 9 nitrogen and oxygen atoms in total. The van der Waals surface area contributed by atoms with Crippen molar-refractivity contribution in [3.05, 3.63) is 67.9 Å². The van der Waals surface area contributed by atoms with Gasteiger partial charge in [-0.25, -0.2) is 19.0 Å². The summed E-state index contributed by atoms with van der Waals surface area (Å²) >= 11 is 6.05. The number of aromatic carboxylic acids is 1. The summed E-state index contributed by atoms with van der Waals surface area (Å²) in [5.74, 6) is -2.65. The van der Waals surface area contributed by atoms with E-state index in [0.717, 1.165) is 7.11 Å². The molecular weight excluding hydrogens is 382 g/mol. The van der Waals surface area contributed by atoms with Crippen LogP contribution in [0.4, 0.5) is 4.79 Å². The van der Waals surface area contributed by atoms with Gasteiger partial charge in [-0.2, -0.15) is 0 Å². The molecule has 0 saturated carbocycles. The van der Waals surface area contributed by atoms with E-state index in [1.54, 1.807) is 0 Å². The van der Waals surface area contributed by atoms with Gasteiger partial charge in [-0.3, -0.25) is 4.79 Å². The maximum Gasteiger partial charge on any atom is 0.513 e.